The summed E-state index contributed by atoms with van der Waals surface area (Å²) in [6.45, 7) is 7.27. The molecule has 1 rings (SSSR count). The molecule has 0 heterocycles. The number of nitrogens with one attached hydrogen (secondary N) is 1. The zero-order valence-electron chi connectivity index (χ0n) is 10.8. The number of carbonyl (C=O) groups excluding carboxylic acids is 1. The van der Waals surface area contributed by atoms with Crippen LogP contribution in [0.25, 0.3) is 0 Å². The standard InChI is InChI=1S/C13H25NO2/c1-4-5-9-14-13(15)16-12-8-6-7-10(2)11(12)3/h10-12H,4-9H2,1-3H3,(H,14,15). The summed E-state index contributed by atoms with van der Waals surface area (Å²) in [4.78, 5) is 11.5. The molecule has 1 fully saturated rings. The topological polar surface area (TPSA) is 38.3 Å². The molecule has 0 spiro atoms. The van der Waals surface area contributed by atoms with Crippen molar-refractivity contribution in [3.8, 4) is 0 Å². The number of hydrogen-bond donors (Lipinski definition) is 1. The van der Waals surface area contributed by atoms with Gasteiger partial charge in [-0.2, -0.15) is 0 Å². The maximum Gasteiger partial charge on any atom is 0.407 e. The van der Waals surface area contributed by atoms with Gasteiger partial charge in [-0.3, -0.25) is 0 Å². The third kappa shape index (κ3) is 4.03. The molecule has 0 saturated heterocycles. The van der Waals surface area contributed by atoms with E-state index in [0.717, 1.165) is 25.8 Å². The number of alkyl carbamates (subject to hydrolysis) is 1. The highest BCUT2D eigenvalue weighted by atomic mass is 16.6. The molecule has 1 amide bonds. The van der Waals surface area contributed by atoms with E-state index in [9.17, 15) is 4.79 Å². The van der Waals surface area contributed by atoms with Crippen molar-refractivity contribution in [1.29, 1.82) is 0 Å². The monoisotopic (exact) mass is 227 g/mol. The minimum absolute atomic E-state index is 0.116. The van der Waals surface area contributed by atoms with Crippen LogP contribution in [-0.2, 0) is 4.74 Å². The maximum atomic E-state index is 11.5. The van der Waals surface area contributed by atoms with Crippen molar-refractivity contribution in [3.63, 3.8) is 0 Å². The average molecular weight is 227 g/mol. The number of unbranched alkanes of at least 4 members (excludes halogenated alkanes) is 1. The lowest BCUT2D eigenvalue weighted by Crippen LogP contribution is -2.37. The Kier molecular flexibility index (Phi) is 5.64. The Hall–Kier alpha value is -0.730. The molecule has 0 radical (unpaired) electrons. The van der Waals surface area contributed by atoms with Crippen molar-refractivity contribution in [2.75, 3.05) is 6.54 Å². The summed E-state index contributed by atoms with van der Waals surface area (Å²) in [5, 5.41) is 2.81. The summed E-state index contributed by atoms with van der Waals surface area (Å²) < 4.78 is 5.47. The van der Waals surface area contributed by atoms with E-state index in [4.69, 9.17) is 4.74 Å². The van der Waals surface area contributed by atoms with Gasteiger partial charge in [-0.1, -0.05) is 33.6 Å². The van der Waals surface area contributed by atoms with Crippen LogP contribution in [0.3, 0.4) is 0 Å². The first-order valence-electron chi connectivity index (χ1n) is 6.59. The molecule has 1 saturated carbocycles. The summed E-state index contributed by atoms with van der Waals surface area (Å²) in [5.74, 6) is 1.16. The number of amides is 1. The Morgan fingerprint density at radius 2 is 2.12 bits per heavy atom. The molecule has 1 aliphatic rings. The lowest BCUT2D eigenvalue weighted by molar-refractivity contribution is 0.0229. The molecule has 3 nitrogen and oxygen atoms in total. The van der Waals surface area contributed by atoms with Gasteiger partial charge >= 0.3 is 6.09 Å². The van der Waals surface area contributed by atoms with Crippen LogP contribution >= 0.6 is 0 Å². The molecule has 16 heavy (non-hydrogen) atoms. The van der Waals surface area contributed by atoms with Gasteiger partial charge in [0, 0.05) is 6.54 Å². The molecule has 94 valence electrons. The zero-order valence-corrected chi connectivity index (χ0v) is 10.8. The van der Waals surface area contributed by atoms with E-state index in [1.807, 2.05) is 0 Å². The van der Waals surface area contributed by atoms with Crippen LogP contribution in [0.2, 0.25) is 0 Å². The van der Waals surface area contributed by atoms with E-state index < -0.39 is 0 Å². The van der Waals surface area contributed by atoms with Crippen LogP contribution in [0.4, 0.5) is 4.79 Å². The van der Waals surface area contributed by atoms with E-state index in [1.165, 1.54) is 12.8 Å². The predicted molar refractivity (Wildman–Crippen MR) is 65.4 cm³/mol. The minimum atomic E-state index is -0.237. The Bertz CT molecular complexity index is 218. The first kappa shape index (κ1) is 13.3. The Balaban J connectivity index is 2.26. The Morgan fingerprint density at radius 3 is 2.81 bits per heavy atom. The van der Waals surface area contributed by atoms with Gasteiger partial charge in [-0.25, -0.2) is 4.79 Å². The summed E-state index contributed by atoms with van der Waals surface area (Å²) in [6, 6.07) is 0. The Labute approximate surface area is 98.9 Å². The minimum Gasteiger partial charge on any atom is -0.446 e. The van der Waals surface area contributed by atoms with E-state index in [1.54, 1.807) is 0 Å². The third-order valence-corrected chi connectivity index (χ3v) is 3.69. The summed E-state index contributed by atoms with van der Waals surface area (Å²) >= 11 is 0. The van der Waals surface area contributed by atoms with Gasteiger partial charge in [0.1, 0.15) is 6.10 Å². The van der Waals surface area contributed by atoms with Crippen LogP contribution in [0.15, 0.2) is 0 Å². The lowest BCUT2D eigenvalue weighted by Gasteiger charge is -2.33. The van der Waals surface area contributed by atoms with Crippen molar-refractivity contribution >= 4 is 6.09 Å². The van der Waals surface area contributed by atoms with Crippen molar-refractivity contribution in [2.45, 2.75) is 59.0 Å². The first-order chi connectivity index (χ1) is 7.65. The van der Waals surface area contributed by atoms with Crippen molar-refractivity contribution < 1.29 is 9.53 Å². The molecule has 3 heteroatoms. The molecule has 0 aliphatic heterocycles. The molecule has 0 aromatic rings. The van der Waals surface area contributed by atoms with E-state index in [2.05, 4.69) is 26.1 Å². The fourth-order valence-corrected chi connectivity index (χ4v) is 2.25. The highest BCUT2D eigenvalue weighted by Crippen LogP contribution is 2.31. The van der Waals surface area contributed by atoms with Crippen LogP contribution < -0.4 is 5.32 Å². The molecular weight excluding hydrogens is 202 g/mol. The summed E-state index contributed by atoms with van der Waals surface area (Å²) in [6.07, 6.45) is 5.46. The molecule has 1 N–H and O–H groups in total. The average Bonchev–Trinajstić information content (AvgIpc) is 2.25. The van der Waals surface area contributed by atoms with E-state index in [-0.39, 0.29) is 12.2 Å². The lowest BCUT2D eigenvalue weighted by atomic mass is 9.79. The van der Waals surface area contributed by atoms with Crippen LogP contribution in [0, 0.1) is 11.8 Å². The fraction of sp³-hybridized carbons (Fsp3) is 0.923. The van der Waals surface area contributed by atoms with Gasteiger partial charge < -0.3 is 10.1 Å². The molecule has 0 aromatic heterocycles. The zero-order chi connectivity index (χ0) is 12.0. The van der Waals surface area contributed by atoms with Crippen molar-refractivity contribution in [1.82, 2.24) is 5.32 Å². The SMILES string of the molecule is CCCCNC(=O)OC1CCCC(C)C1C. The fourth-order valence-electron chi connectivity index (χ4n) is 2.25. The number of rotatable bonds is 4. The van der Waals surface area contributed by atoms with E-state index in [0.29, 0.717) is 11.8 Å². The van der Waals surface area contributed by atoms with Crippen LogP contribution in [-0.4, -0.2) is 18.7 Å². The molecule has 3 atom stereocenters. The van der Waals surface area contributed by atoms with Crippen LogP contribution in [0.1, 0.15) is 52.9 Å². The first-order valence-corrected chi connectivity index (χ1v) is 6.59. The van der Waals surface area contributed by atoms with Gasteiger partial charge in [-0.15, -0.1) is 0 Å². The molecular formula is C13H25NO2. The number of hydrogen-bond acceptors (Lipinski definition) is 2. The van der Waals surface area contributed by atoms with Gasteiger partial charge in [0.2, 0.25) is 0 Å². The van der Waals surface area contributed by atoms with Crippen LogP contribution in [0.5, 0.6) is 0 Å². The van der Waals surface area contributed by atoms with E-state index >= 15 is 0 Å². The van der Waals surface area contributed by atoms with Crippen molar-refractivity contribution in [3.05, 3.63) is 0 Å². The summed E-state index contributed by atoms with van der Waals surface area (Å²) in [5.41, 5.74) is 0. The third-order valence-electron chi connectivity index (χ3n) is 3.69. The smallest absolute Gasteiger partial charge is 0.407 e. The summed E-state index contributed by atoms with van der Waals surface area (Å²) in [7, 11) is 0. The number of carbonyl (C=O) groups is 1. The van der Waals surface area contributed by atoms with Gasteiger partial charge in [0.15, 0.2) is 0 Å². The highest BCUT2D eigenvalue weighted by molar-refractivity contribution is 5.67. The molecule has 0 aromatic carbocycles. The normalized spacial score (nSPS) is 29.8. The highest BCUT2D eigenvalue weighted by Gasteiger charge is 2.29. The van der Waals surface area contributed by atoms with Gasteiger partial charge in [0.25, 0.3) is 0 Å². The second-order valence-corrected chi connectivity index (χ2v) is 4.99. The van der Waals surface area contributed by atoms with Gasteiger partial charge in [-0.05, 0) is 31.1 Å². The predicted octanol–water partition coefficient (Wildman–Crippen LogP) is 3.34. The quantitative estimate of drug-likeness (QED) is 0.748. The van der Waals surface area contributed by atoms with Crippen molar-refractivity contribution in [2.24, 2.45) is 11.8 Å². The second-order valence-electron chi connectivity index (χ2n) is 4.99. The largest absolute Gasteiger partial charge is 0.446 e. The second kappa shape index (κ2) is 6.77. The number of ether oxygens (including phenoxy) is 1. The maximum absolute atomic E-state index is 11.5. The van der Waals surface area contributed by atoms with Gasteiger partial charge in [0.05, 0.1) is 0 Å². The molecule has 3 unspecified atom stereocenters. The molecule has 0 bridgehead atoms. The Morgan fingerprint density at radius 1 is 1.38 bits per heavy atom. The molecule has 1 aliphatic carbocycles.